The second-order valence-corrected chi connectivity index (χ2v) is 4.65. The van der Waals surface area contributed by atoms with Crippen LogP contribution in [0.1, 0.15) is 16.7 Å². The van der Waals surface area contributed by atoms with Crippen LogP contribution in [0.3, 0.4) is 0 Å². The smallest absolute Gasteiger partial charge is 0.0790 e. The first-order valence-electron chi connectivity index (χ1n) is 6.27. The number of fused-ring (bicyclic) bond motifs is 1. The largest absolute Gasteiger partial charge is 0.464 e. The topological polar surface area (TPSA) is 25.7 Å². The Balaban J connectivity index is 2.00. The number of ether oxygens (including phenoxy) is 1. The van der Waals surface area contributed by atoms with Crippen LogP contribution in [-0.4, -0.2) is 26.8 Å². The Hall–Kier alpha value is -0.900. The van der Waals surface area contributed by atoms with Crippen LogP contribution in [-0.2, 0) is 24.2 Å². The molecule has 1 aromatic carbocycles. The molecule has 0 saturated heterocycles. The standard InChI is InChI=1S/C14H22N2O/c1-16-8-6-14-12(10-15-7-9-17-2)4-3-5-13(14)11-16/h3-5,15-16H,1,6-11H2,2H3. The Morgan fingerprint density at radius 2 is 2.35 bits per heavy atom. The number of hydrogen-bond acceptors (Lipinski definition) is 2. The van der Waals surface area contributed by atoms with Crippen molar-refractivity contribution in [3.63, 3.8) is 0 Å². The van der Waals surface area contributed by atoms with Gasteiger partial charge in [0.25, 0.3) is 0 Å². The number of rotatable bonds is 5. The van der Waals surface area contributed by atoms with Gasteiger partial charge in [-0.25, -0.2) is 0 Å². The molecule has 1 aromatic rings. The third-order valence-electron chi connectivity index (χ3n) is 3.34. The first-order chi connectivity index (χ1) is 8.31. The highest BCUT2D eigenvalue weighted by molar-refractivity contribution is 5.35. The molecule has 1 unspecified atom stereocenters. The molecule has 2 N–H and O–H groups in total. The quantitative estimate of drug-likeness (QED) is 0.560. The maximum atomic E-state index is 5.03. The molecule has 0 spiro atoms. The first kappa shape index (κ1) is 12.6. The van der Waals surface area contributed by atoms with E-state index in [0.29, 0.717) is 0 Å². The summed E-state index contributed by atoms with van der Waals surface area (Å²) in [5.41, 5.74) is 4.43. The zero-order chi connectivity index (χ0) is 12.1. The average Bonchev–Trinajstić information content (AvgIpc) is 2.34. The predicted octanol–water partition coefficient (Wildman–Crippen LogP) is 0.155. The lowest BCUT2D eigenvalue weighted by molar-refractivity contribution is -0.870. The third kappa shape index (κ3) is 3.28. The summed E-state index contributed by atoms with van der Waals surface area (Å²) in [6.45, 7) is 4.82. The van der Waals surface area contributed by atoms with Crippen molar-refractivity contribution in [1.82, 2.24) is 5.32 Å². The predicted molar refractivity (Wildman–Crippen MR) is 68.6 cm³/mol. The second-order valence-electron chi connectivity index (χ2n) is 4.65. The van der Waals surface area contributed by atoms with Gasteiger partial charge >= 0.3 is 0 Å². The minimum Gasteiger partial charge on any atom is -0.464 e. The fourth-order valence-corrected chi connectivity index (χ4v) is 2.40. The minimum atomic E-state index is 0.770. The Morgan fingerprint density at radius 1 is 1.47 bits per heavy atom. The molecule has 0 radical (unpaired) electrons. The van der Waals surface area contributed by atoms with Crippen molar-refractivity contribution in [2.45, 2.75) is 19.5 Å². The monoisotopic (exact) mass is 234 g/mol. The molecule has 17 heavy (non-hydrogen) atoms. The first-order valence-corrected chi connectivity index (χ1v) is 6.27. The van der Waals surface area contributed by atoms with Crippen molar-refractivity contribution in [3.8, 4) is 0 Å². The SMILES string of the molecule is [CH2-][NH+]1CCc2c(CNCCOC)cccc2C1. The number of nitrogens with one attached hydrogen (secondary N) is 2. The van der Waals surface area contributed by atoms with Crippen molar-refractivity contribution in [3.05, 3.63) is 41.9 Å². The van der Waals surface area contributed by atoms with Gasteiger partial charge in [-0.15, -0.1) is 0 Å². The van der Waals surface area contributed by atoms with Crippen LogP contribution in [0, 0.1) is 7.05 Å². The van der Waals surface area contributed by atoms with E-state index in [9.17, 15) is 0 Å². The zero-order valence-electron chi connectivity index (χ0n) is 10.6. The van der Waals surface area contributed by atoms with Crippen LogP contribution in [0.4, 0.5) is 0 Å². The molecule has 0 fully saturated rings. The van der Waals surface area contributed by atoms with E-state index in [0.717, 1.165) is 39.2 Å². The van der Waals surface area contributed by atoms with Gasteiger partial charge in [-0.05, 0) is 11.1 Å². The molecule has 3 heteroatoms. The van der Waals surface area contributed by atoms with Gasteiger partial charge in [0.05, 0.1) is 19.7 Å². The number of methoxy groups -OCH3 is 1. The highest BCUT2D eigenvalue weighted by Gasteiger charge is 2.15. The molecular weight excluding hydrogens is 212 g/mol. The van der Waals surface area contributed by atoms with E-state index < -0.39 is 0 Å². The number of quaternary nitrogens is 1. The minimum absolute atomic E-state index is 0.770. The lowest BCUT2D eigenvalue weighted by Gasteiger charge is -2.29. The Kier molecular flexibility index (Phi) is 4.54. The van der Waals surface area contributed by atoms with Gasteiger partial charge in [-0.3, -0.25) is 0 Å². The van der Waals surface area contributed by atoms with Gasteiger partial charge in [-0.2, -0.15) is 7.05 Å². The van der Waals surface area contributed by atoms with Gasteiger partial charge in [0.2, 0.25) is 0 Å². The molecule has 0 bridgehead atoms. The molecule has 0 aliphatic carbocycles. The molecular formula is C14H22N2O. The average molecular weight is 234 g/mol. The summed E-state index contributed by atoms with van der Waals surface area (Å²) in [7, 11) is 5.83. The molecule has 1 aliphatic rings. The summed E-state index contributed by atoms with van der Waals surface area (Å²) in [5, 5.41) is 3.42. The molecule has 0 amide bonds. The maximum Gasteiger partial charge on any atom is 0.0790 e. The molecule has 0 aromatic heterocycles. The Labute approximate surface area is 104 Å². The lowest BCUT2D eigenvalue weighted by Crippen LogP contribution is -3.06. The van der Waals surface area contributed by atoms with Gasteiger partial charge < -0.3 is 15.0 Å². The highest BCUT2D eigenvalue weighted by atomic mass is 16.5. The van der Waals surface area contributed by atoms with Gasteiger partial charge in [-0.1, -0.05) is 18.2 Å². The van der Waals surface area contributed by atoms with Crippen molar-refractivity contribution < 1.29 is 9.64 Å². The molecule has 1 heterocycles. The fraction of sp³-hybridized carbons (Fsp3) is 0.500. The van der Waals surface area contributed by atoms with E-state index in [4.69, 9.17) is 4.74 Å². The van der Waals surface area contributed by atoms with Gasteiger partial charge in [0.1, 0.15) is 0 Å². The van der Waals surface area contributed by atoms with E-state index in [-0.39, 0.29) is 0 Å². The maximum absolute atomic E-state index is 5.03. The third-order valence-corrected chi connectivity index (χ3v) is 3.34. The summed E-state index contributed by atoms with van der Waals surface area (Å²) in [4.78, 5) is 1.36. The van der Waals surface area contributed by atoms with Crippen molar-refractivity contribution >= 4 is 0 Å². The fourth-order valence-electron chi connectivity index (χ4n) is 2.40. The molecule has 94 valence electrons. The second kappa shape index (κ2) is 6.15. The summed E-state index contributed by atoms with van der Waals surface area (Å²) in [5.74, 6) is 0. The lowest BCUT2D eigenvalue weighted by atomic mass is 9.95. The van der Waals surface area contributed by atoms with Gasteiger partial charge in [0.15, 0.2) is 0 Å². The van der Waals surface area contributed by atoms with Crippen molar-refractivity contribution in [1.29, 1.82) is 0 Å². The summed E-state index contributed by atoms with van der Waals surface area (Å²) in [6, 6.07) is 6.62. The van der Waals surface area contributed by atoms with Crippen LogP contribution in [0.2, 0.25) is 0 Å². The van der Waals surface area contributed by atoms with E-state index in [1.165, 1.54) is 21.6 Å². The van der Waals surface area contributed by atoms with Gasteiger partial charge in [0, 0.05) is 32.2 Å². The molecule has 1 aliphatic heterocycles. The summed E-state index contributed by atoms with van der Waals surface area (Å²) in [6.07, 6.45) is 1.15. The van der Waals surface area contributed by atoms with E-state index in [2.05, 4.69) is 30.6 Å². The summed E-state index contributed by atoms with van der Waals surface area (Å²) >= 11 is 0. The van der Waals surface area contributed by atoms with Crippen LogP contribution in [0.25, 0.3) is 0 Å². The van der Waals surface area contributed by atoms with Crippen LogP contribution in [0.5, 0.6) is 0 Å². The highest BCUT2D eigenvalue weighted by Crippen LogP contribution is 2.16. The Bertz CT molecular complexity index is 365. The summed E-state index contributed by atoms with van der Waals surface area (Å²) < 4.78 is 5.03. The molecule has 2 rings (SSSR count). The van der Waals surface area contributed by atoms with Crippen LogP contribution < -0.4 is 10.2 Å². The van der Waals surface area contributed by atoms with Crippen LogP contribution >= 0.6 is 0 Å². The number of benzene rings is 1. The van der Waals surface area contributed by atoms with E-state index in [1.54, 1.807) is 7.11 Å². The van der Waals surface area contributed by atoms with Crippen molar-refractivity contribution in [2.75, 3.05) is 26.8 Å². The Morgan fingerprint density at radius 3 is 3.18 bits per heavy atom. The van der Waals surface area contributed by atoms with E-state index in [1.807, 2.05) is 0 Å². The number of hydrogen-bond donors (Lipinski definition) is 2. The molecule has 0 saturated carbocycles. The molecule has 3 nitrogen and oxygen atoms in total. The van der Waals surface area contributed by atoms with E-state index >= 15 is 0 Å². The molecule has 1 atom stereocenters. The van der Waals surface area contributed by atoms with Crippen molar-refractivity contribution in [2.24, 2.45) is 0 Å². The normalized spacial score (nSPS) is 19.1. The van der Waals surface area contributed by atoms with Crippen LogP contribution in [0.15, 0.2) is 18.2 Å². The zero-order valence-corrected chi connectivity index (χ0v) is 10.6.